The van der Waals surface area contributed by atoms with E-state index in [0.29, 0.717) is 0 Å². The molecule has 18 heavy (non-hydrogen) atoms. The molecule has 0 saturated heterocycles. The maximum Gasteiger partial charge on any atom is 0.129 e. The molecular weight excluding hydrogens is 232 g/mol. The predicted molar refractivity (Wildman–Crippen MR) is 71.4 cm³/mol. The Bertz CT molecular complexity index is 332. The molecule has 1 rings (SSSR count). The number of hydrogen-bond donors (Lipinski definition) is 1. The van der Waals surface area contributed by atoms with Crippen molar-refractivity contribution in [2.24, 2.45) is 5.73 Å². The second-order valence-electron chi connectivity index (χ2n) is 4.87. The van der Waals surface area contributed by atoms with Gasteiger partial charge in [-0.05, 0) is 25.0 Å². The lowest BCUT2D eigenvalue weighted by atomic mass is 10.00. The van der Waals surface area contributed by atoms with Gasteiger partial charge in [-0.3, -0.25) is 0 Å². The van der Waals surface area contributed by atoms with Crippen molar-refractivity contribution in [1.29, 1.82) is 0 Å². The summed E-state index contributed by atoms with van der Waals surface area (Å²) in [5.41, 5.74) is 6.05. The fraction of sp³-hybridized carbons (Fsp3) is 0.600. The van der Waals surface area contributed by atoms with Crippen LogP contribution in [0.15, 0.2) is 18.2 Å². The summed E-state index contributed by atoms with van der Waals surface area (Å²) in [6.45, 7) is 2.17. The van der Waals surface area contributed by atoms with E-state index >= 15 is 0 Å². The number of unbranched alkanes of at least 4 members (excludes halogenated alkanes) is 4. The highest BCUT2D eigenvalue weighted by Gasteiger charge is 2.12. The summed E-state index contributed by atoms with van der Waals surface area (Å²) < 4.78 is 26.8. The van der Waals surface area contributed by atoms with E-state index in [1.54, 1.807) is 0 Å². The average molecular weight is 255 g/mol. The minimum absolute atomic E-state index is 0.124. The fourth-order valence-corrected chi connectivity index (χ4v) is 2.10. The van der Waals surface area contributed by atoms with Crippen LogP contribution >= 0.6 is 0 Å². The lowest BCUT2D eigenvalue weighted by molar-refractivity contribution is 0.503. The Balaban J connectivity index is 2.33. The van der Waals surface area contributed by atoms with Gasteiger partial charge in [-0.2, -0.15) is 0 Å². The third kappa shape index (κ3) is 5.13. The Morgan fingerprint density at radius 1 is 1.06 bits per heavy atom. The number of hydrogen-bond acceptors (Lipinski definition) is 1. The van der Waals surface area contributed by atoms with Crippen LogP contribution in [-0.2, 0) is 6.42 Å². The van der Waals surface area contributed by atoms with Crippen LogP contribution in [-0.4, -0.2) is 6.04 Å². The van der Waals surface area contributed by atoms with Crippen molar-refractivity contribution in [3.8, 4) is 0 Å². The number of rotatable bonds is 8. The van der Waals surface area contributed by atoms with Crippen LogP contribution < -0.4 is 5.73 Å². The van der Waals surface area contributed by atoms with E-state index in [2.05, 4.69) is 6.92 Å². The van der Waals surface area contributed by atoms with Crippen LogP contribution in [0, 0.1) is 11.6 Å². The van der Waals surface area contributed by atoms with Gasteiger partial charge in [0.15, 0.2) is 0 Å². The van der Waals surface area contributed by atoms with Gasteiger partial charge in [0.25, 0.3) is 0 Å². The molecule has 1 aromatic rings. The number of nitrogens with two attached hydrogens (primary N) is 1. The lowest BCUT2D eigenvalue weighted by Crippen LogP contribution is -2.23. The molecule has 0 spiro atoms. The minimum atomic E-state index is -0.489. The summed E-state index contributed by atoms with van der Waals surface area (Å²) in [5.74, 6) is -0.979. The highest BCUT2D eigenvalue weighted by atomic mass is 19.1. The first-order valence-corrected chi connectivity index (χ1v) is 6.83. The van der Waals surface area contributed by atoms with Gasteiger partial charge in [-0.25, -0.2) is 8.78 Å². The van der Waals surface area contributed by atoms with Crippen LogP contribution in [0.4, 0.5) is 8.78 Å². The van der Waals surface area contributed by atoms with E-state index in [1.807, 2.05) is 0 Å². The molecule has 1 unspecified atom stereocenters. The second kappa shape index (κ2) is 8.20. The van der Waals surface area contributed by atoms with Gasteiger partial charge >= 0.3 is 0 Å². The molecule has 0 heterocycles. The Morgan fingerprint density at radius 3 is 2.28 bits per heavy atom. The van der Waals surface area contributed by atoms with Gasteiger partial charge in [0.05, 0.1) is 0 Å². The molecule has 0 radical (unpaired) electrons. The van der Waals surface area contributed by atoms with Gasteiger partial charge < -0.3 is 5.73 Å². The molecular formula is C15H23F2N. The molecule has 0 aliphatic heterocycles. The molecule has 0 aromatic heterocycles. The molecule has 3 heteroatoms. The highest BCUT2D eigenvalue weighted by Crippen LogP contribution is 2.16. The quantitative estimate of drug-likeness (QED) is 0.692. The lowest BCUT2D eigenvalue weighted by Gasteiger charge is -2.12. The summed E-state index contributed by atoms with van der Waals surface area (Å²) in [6.07, 6.45) is 6.99. The van der Waals surface area contributed by atoms with Crippen molar-refractivity contribution in [3.05, 3.63) is 35.4 Å². The van der Waals surface area contributed by atoms with Crippen molar-refractivity contribution in [3.63, 3.8) is 0 Å². The molecule has 0 aliphatic rings. The monoisotopic (exact) mass is 255 g/mol. The molecule has 0 bridgehead atoms. The summed E-state index contributed by atoms with van der Waals surface area (Å²) in [7, 11) is 0. The van der Waals surface area contributed by atoms with E-state index in [4.69, 9.17) is 5.73 Å². The van der Waals surface area contributed by atoms with Gasteiger partial charge in [-0.1, -0.05) is 45.1 Å². The summed E-state index contributed by atoms with van der Waals surface area (Å²) in [5, 5.41) is 0. The Hall–Kier alpha value is -0.960. The standard InChI is InChI=1S/C15H23F2N/c1-2-3-4-5-6-8-12(18)11-13-14(16)9-7-10-15(13)17/h7,9-10,12H,2-6,8,11,18H2,1H3. The van der Waals surface area contributed by atoms with Crippen molar-refractivity contribution in [2.45, 2.75) is 57.9 Å². The smallest absolute Gasteiger partial charge is 0.129 e. The van der Waals surface area contributed by atoms with E-state index in [0.717, 1.165) is 19.3 Å². The van der Waals surface area contributed by atoms with E-state index in [-0.39, 0.29) is 18.0 Å². The molecule has 0 amide bonds. The molecule has 0 aliphatic carbocycles. The van der Waals surface area contributed by atoms with Gasteiger partial charge in [-0.15, -0.1) is 0 Å². The fourth-order valence-electron chi connectivity index (χ4n) is 2.10. The van der Waals surface area contributed by atoms with Crippen molar-refractivity contribution in [1.82, 2.24) is 0 Å². The number of halogens is 2. The van der Waals surface area contributed by atoms with Crippen LogP contribution in [0.3, 0.4) is 0 Å². The van der Waals surface area contributed by atoms with Crippen LogP contribution in [0.25, 0.3) is 0 Å². The molecule has 0 fully saturated rings. The Labute approximate surface area is 108 Å². The zero-order valence-corrected chi connectivity index (χ0v) is 11.1. The zero-order chi connectivity index (χ0) is 13.4. The van der Waals surface area contributed by atoms with Crippen molar-refractivity contribution in [2.75, 3.05) is 0 Å². The van der Waals surface area contributed by atoms with E-state index in [1.165, 1.54) is 37.5 Å². The predicted octanol–water partition coefficient (Wildman–Crippen LogP) is 4.20. The largest absolute Gasteiger partial charge is 0.327 e. The van der Waals surface area contributed by atoms with E-state index in [9.17, 15) is 8.78 Å². The first-order valence-electron chi connectivity index (χ1n) is 6.83. The van der Waals surface area contributed by atoms with E-state index < -0.39 is 11.6 Å². The third-order valence-corrected chi connectivity index (χ3v) is 3.21. The van der Waals surface area contributed by atoms with Crippen molar-refractivity contribution < 1.29 is 8.78 Å². The average Bonchev–Trinajstić information content (AvgIpc) is 2.34. The molecule has 1 aromatic carbocycles. The maximum atomic E-state index is 13.4. The molecule has 1 nitrogen and oxygen atoms in total. The SMILES string of the molecule is CCCCCCCC(N)Cc1c(F)cccc1F. The summed E-state index contributed by atoms with van der Waals surface area (Å²) in [6, 6.07) is 3.79. The summed E-state index contributed by atoms with van der Waals surface area (Å²) >= 11 is 0. The first kappa shape index (κ1) is 15.1. The first-order chi connectivity index (χ1) is 8.65. The Kier molecular flexibility index (Phi) is 6.88. The van der Waals surface area contributed by atoms with Crippen LogP contribution in [0.5, 0.6) is 0 Å². The maximum absolute atomic E-state index is 13.4. The molecule has 1 atom stereocenters. The van der Waals surface area contributed by atoms with Gasteiger partial charge in [0, 0.05) is 11.6 Å². The second-order valence-corrected chi connectivity index (χ2v) is 4.87. The normalized spacial score (nSPS) is 12.7. The van der Waals surface area contributed by atoms with Crippen molar-refractivity contribution >= 4 is 0 Å². The Morgan fingerprint density at radius 2 is 1.67 bits per heavy atom. The van der Waals surface area contributed by atoms with Gasteiger partial charge in [0.1, 0.15) is 11.6 Å². The molecule has 102 valence electrons. The molecule has 0 saturated carbocycles. The zero-order valence-electron chi connectivity index (χ0n) is 11.1. The summed E-state index contributed by atoms with van der Waals surface area (Å²) in [4.78, 5) is 0. The topological polar surface area (TPSA) is 26.0 Å². The van der Waals surface area contributed by atoms with Gasteiger partial charge in [0.2, 0.25) is 0 Å². The van der Waals surface area contributed by atoms with Crippen LogP contribution in [0.2, 0.25) is 0 Å². The van der Waals surface area contributed by atoms with Crippen LogP contribution in [0.1, 0.15) is 51.0 Å². The highest BCUT2D eigenvalue weighted by molar-refractivity contribution is 5.20. The third-order valence-electron chi connectivity index (χ3n) is 3.21. The minimum Gasteiger partial charge on any atom is -0.327 e. The molecule has 2 N–H and O–H groups in total. The number of benzene rings is 1.